The zero-order chi connectivity index (χ0) is 18.1. The summed E-state index contributed by atoms with van der Waals surface area (Å²) >= 11 is 0. The van der Waals surface area contributed by atoms with Crippen LogP contribution in [0, 0.1) is 23.2 Å². The number of nitrogens with zero attached hydrogens (tertiary/aromatic N) is 3. The quantitative estimate of drug-likeness (QED) is 0.797. The van der Waals surface area contributed by atoms with E-state index in [4.69, 9.17) is 5.26 Å². The fourth-order valence-electron chi connectivity index (χ4n) is 3.89. The number of rotatable bonds is 4. The van der Waals surface area contributed by atoms with Gasteiger partial charge in [-0.3, -0.25) is 19.4 Å². The largest absolute Gasteiger partial charge is 0.297 e. The van der Waals surface area contributed by atoms with Gasteiger partial charge in [0, 0.05) is 19.6 Å². The minimum atomic E-state index is -0.232. The van der Waals surface area contributed by atoms with Crippen LogP contribution in [0.1, 0.15) is 16.7 Å². The number of fused-ring (bicyclic) bond motifs is 1. The lowest BCUT2D eigenvalue weighted by atomic mass is 10.00. The number of benzene rings is 2. The molecule has 0 saturated carbocycles. The zero-order valence-electron chi connectivity index (χ0n) is 14.3. The Labute approximate surface area is 152 Å². The molecule has 0 bridgehead atoms. The standard InChI is InChI=1S/C21H19N3O2/c22-10-15-6-8-17(9-7-15)11-23-13-18-19(14-23)21(26)24(20(18)25)12-16-4-2-1-3-5-16/h1-9,18-19H,11-14H2. The highest BCUT2D eigenvalue weighted by Crippen LogP contribution is 2.34. The third kappa shape index (κ3) is 3.00. The van der Waals surface area contributed by atoms with Crippen LogP contribution in [0.4, 0.5) is 0 Å². The van der Waals surface area contributed by atoms with Crippen LogP contribution in [-0.2, 0) is 22.7 Å². The molecule has 0 aliphatic carbocycles. The summed E-state index contributed by atoms with van der Waals surface area (Å²) in [5, 5.41) is 8.87. The molecule has 0 N–H and O–H groups in total. The van der Waals surface area contributed by atoms with Gasteiger partial charge in [-0.05, 0) is 23.3 Å². The number of amides is 2. The second-order valence-corrected chi connectivity index (χ2v) is 6.96. The van der Waals surface area contributed by atoms with Crippen LogP contribution in [0.15, 0.2) is 54.6 Å². The average molecular weight is 345 g/mol. The molecule has 2 aromatic carbocycles. The zero-order valence-corrected chi connectivity index (χ0v) is 14.3. The van der Waals surface area contributed by atoms with Gasteiger partial charge in [0.05, 0.1) is 30.0 Å². The maximum absolute atomic E-state index is 12.7. The van der Waals surface area contributed by atoms with Crippen LogP contribution >= 0.6 is 0 Å². The number of nitriles is 1. The first-order chi connectivity index (χ1) is 12.7. The summed E-state index contributed by atoms with van der Waals surface area (Å²) in [5.74, 6) is -0.563. The van der Waals surface area contributed by atoms with Crippen LogP contribution in [-0.4, -0.2) is 34.7 Å². The average Bonchev–Trinajstić information content (AvgIpc) is 3.18. The van der Waals surface area contributed by atoms with E-state index in [1.54, 1.807) is 12.1 Å². The van der Waals surface area contributed by atoms with Crippen LogP contribution in [0.2, 0.25) is 0 Å². The van der Waals surface area contributed by atoms with Gasteiger partial charge in [0.15, 0.2) is 0 Å². The van der Waals surface area contributed by atoms with Gasteiger partial charge >= 0.3 is 0 Å². The highest BCUT2D eigenvalue weighted by molar-refractivity contribution is 6.05. The molecule has 2 aliphatic heterocycles. The molecule has 2 aromatic rings. The molecule has 4 rings (SSSR count). The molecule has 26 heavy (non-hydrogen) atoms. The molecule has 2 saturated heterocycles. The Balaban J connectivity index is 1.42. The summed E-state index contributed by atoms with van der Waals surface area (Å²) in [7, 11) is 0. The van der Waals surface area contributed by atoms with Crippen molar-refractivity contribution in [3.8, 4) is 6.07 Å². The molecule has 0 radical (unpaired) electrons. The first-order valence-corrected chi connectivity index (χ1v) is 8.76. The topological polar surface area (TPSA) is 64.4 Å². The second kappa shape index (κ2) is 6.74. The molecule has 0 spiro atoms. The molecule has 2 amide bonds. The number of likely N-dealkylation sites (tertiary alicyclic amines) is 2. The van der Waals surface area contributed by atoms with Gasteiger partial charge in [-0.1, -0.05) is 42.5 Å². The molecule has 5 nitrogen and oxygen atoms in total. The molecule has 130 valence electrons. The molecule has 2 fully saturated rings. The molecular weight excluding hydrogens is 326 g/mol. The third-order valence-electron chi connectivity index (χ3n) is 5.23. The highest BCUT2D eigenvalue weighted by atomic mass is 16.2. The maximum Gasteiger partial charge on any atom is 0.234 e. The van der Waals surface area contributed by atoms with Crippen molar-refractivity contribution in [2.75, 3.05) is 13.1 Å². The van der Waals surface area contributed by atoms with E-state index in [-0.39, 0.29) is 23.7 Å². The van der Waals surface area contributed by atoms with Gasteiger partial charge in [-0.2, -0.15) is 5.26 Å². The van der Waals surface area contributed by atoms with E-state index in [0.717, 1.165) is 11.1 Å². The SMILES string of the molecule is N#Cc1ccc(CN2CC3C(=O)N(Cc4ccccc4)C(=O)C3C2)cc1. The molecule has 2 aliphatic rings. The lowest BCUT2D eigenvalue weighted by Gasteiger charge is -2.20. The Morgan fingerprint density at radius 1 is 0.846 bits per heavy atom. The van der Waals surface area contributed by atoms with Crippen LogP contribution in [0.25, 0.3) is 0 Å². The number of hydrogen-bond acceptors (Lipinski definition) is 4. The summed E-state index contributed by atoms with van der Waals surface area (Å²) in [6.07, 6.45) is 0. The van der Waals surface area contributed by atoms with E-state index in [1.165, 1.54) is 4.90 Å². The lowest BCUT2D eigenvalue weighted by Crippen LogP contribution is -2.35. The molecular formula is C21H19N3O2. The minimum Gasteiger partial charge on any atom is -0.297 e. The van der Waals surface area contributed by atoms with Gasteiger partial charge in [0.25, 0.3) is 0 Å². The Morgan fingerprint density at radius 3 is 2.00 bits per heavy atom. The van der Waals surface area contributed by atoms with Gasteiger partial charge in [0.1, 0.15) is 0 Å². The van der Waals surface area contributed by atoms with E-state index < -0.39 is 0 Å². The van der Waals surface area contributed by atoms with E-state index >= 15 is 0 Å². The van der Waals surface area contributed by atoms with Crippen molar-refractivity contribution in [3.05, 3.63) is 71.3 Å². The van der Waals surface area contributed by atoms with E-state index in [2.05, 4.69) is 11.0 Å². The normalized spacial score (nSPS) is 22.5. The molecule has 2 atom stereocenters. The van der Waals surface area contributed by atoms with Gasteiger partial charge < -0.3 is 0 Å². The Bertz CT molecular complexity index is 846. The molecule has 0 aromatic heterocycles. The summed E-state index contributed by atoms with van der Waals surface area (Å²) in [6.45, 7) is 2.28. The van der Waals surface area contributed by atoms with Crippen molar-refractivity contribution in [1.82, 2.24) is 9.80 Å². The minimum absolute atomic E-state index is 0.0498. The van der Waals surface area contributed by atoms with Crippen molar-refractivity contribution >= 4 is 11.8 Å². The highest BCUT2D eigenvalue weighted by Gasteiger charge is 2.51. The number of carbonyl (C=O) groups is 2. The summed E-state index contributed by atoms with van der Waals surface area (Å²) in [4.78, 5) is 29.0. The first kappa shape index (κ1) is 16.5. The van der Waals surface area contributed by atoms with Crippen LogP contribution in [0.5, 0.6) is 0 Å². The molecule has 2 unspecified atom stereocenters. The Morgan fingerprint density at radius 2 is 1.42 bits per heavy atom. The van der Waals surface area contributed by atoms with E-state index in [9.17, 15) is 9.59 Å². The third-order valence-corrected chi connectivity index (χ3v) is 5.23. The van der Waals surface area contributed by atoms with E-state index in [0.29, 0.717) is 31.7 Å². The molecule has 2 heterocycles. The van der Waals surface area contributed by atoms with Crippen molar-refractivity contribution < 1.29 is 9.59 Å². The lowest BCUT2D eigenvalue weighted by molar-refractivity contribution is -0.141. The number of hydrogen-bond donors (Lipinski definition) is 0. The fraction of sp³-hybridized carbons (Fsp3) is 0.286. The number of carbonyl (C=O) groups excluding carboxylic acids is 2. The summed E-state index contributed by atoms with van der Waals surface area (Å²) in [6, 6.07) is 19.2. The second-order valence-electron chi connectivity index (χ2n) is 6.96. The van der Waals surface area contributed by atoms with Gasteiger partial charge in [-0.25, -0.2) is 0 Å². The van der Waals surface area contributed by atoms with Crippen molar-refractivity contribution in [2.45, 2.75) is 13.1 Å². The summed E-state index contributed by atoms with van der Waals surface area (Å²) < 4.78 is 0. The van der Waals surface area contributed by atoms with Crippen molar-refractivity contribution in [2.24, 2.45) is 11.8 Å². The predicted molar refractivity (Wildman–Crippen MR) is 95.4 cm³/mol. The van der Waals surface area contributed by atoms with Crippen molar-refractivity contribution in [3.63, 3.8) is 0 Å². The predicted octanol–water partition coefficient (Wildman–Crippen LogP) is 2.18. The maximum atomic E-state index is 12.7. The number of imide groups is 1. The van der Waals surface area contributed by atoms with Crippen molar-refractivity contribution in [1.29, 1.82) is 5.26 Å². The smallest absolute Gasteiger partial charge is 0.234 e. The first-order valence-electron chi connectivity index (χ1n) is 8.76. The van der Waals surface area contributed by atoms with E-state index in [1.807, 2.05) is 42.5 Å². The monoisotopic (exact) mass is 345 g/mol. The summed E-state index contributed by atoms with van der Waals surface area (Å²) in [5.41, 5.74) is 2.70. The Hall–Kier alpha value is -2.97. The van der Waals surface area contributed by atoms with Crippen LogP contribution in [0.3, 0.4) is 0 Å². The van der Waals surface area contributed by atoms with Crippen LogP contribution < -0.4 is 0 Å². The molecule has 5 heteroatoms. The van der Waals surface area contributed by atoms with Gasteiger partial charge in [-0.15, -0.1) is 0 Å². The Kier molecular flexibility index (Phi) is 4.27. The van der Waals surface area contributed by atoms with Gasteiger partial charge in [0.2, 0.25) is 11.8 Å². The fourth-order valence-corrected chi connectivity index (χ4v) is 3.89.